The summed E-state index contributed by atoms with van der Waals surface area (Å²) in [5, 5.41) is 14.8. The topological polar surface area (TPSA) is 55.6 Å². The van der Waals surface area contributed by atoms with E-state index in [-0.39, 0.29) is 0 Å². The fourth-order valence-electron chi connectivity index (χ4n) is 2.26. The Labute approximate surface area is 123 Å². The fourth-order valence-corrected chi connectivity index (χ4v) is 2.26. The van der Waals surface area contributed by atoms with Crippen LogP contribution in [0, 0.1) is 13.8 Å². The molecule has 0 spiro atoms. The zero-order chi connectivity index (χ0) is 14.7. The van der Waals surface area contributed by atoms with Crippen LogP contribution >= 0.6 is 0 Å². The molecule has 1 aromatic heterocycles. The standard InChI is InChI=1S/C16H17N5/c1-12-4-3-5-14(8-12)10-17-15-7-6-13(2)16(9-15)21-11-18-19-20-21/h3-9,11,17H,10H2,1-2H3. The molecule has 1 N–H and O–H groups in total. The first kappa shape index (κ1) is 13.3. The monoisotopic (exact) mass is 279 g/mol. The molecule has 0 aliphatic carbocycles. The molecule has 0 saturated carbocycles. The van der Waals surface area contributed by atoms with E-state index in [4.69, 9.17) is 0 Å². The molecule has 0 aliphatic rings. The van der Waals surface area contributed by atoms with Crippen LogP contribution in [-0.2, 0) is 6.54 Å². The summed E-state index contributed by atoms with van der Waals surface area (Å²) in [4.78, 5) is 0. The van der Waals surface area contributed by atoms with Crippen LogP contribution in [-0.4, -0.2) is 20.2 Å². The molecule has 5 nitrogen and oxygen atoms in total. The minimum atomic E-state index is 0.791. The molecule has 3 rings (SSSR count). The first-order valence-electron chi connectivity index (χ1n) is 6.86. The molecule has 5 heteroatoms. The second-order valence-electron chi connectivity index (χ2n) is 5.10. The van der Waals surface area contributed by atoms with Gasteiger partial charge in [0.1, 0.15) is 6.33 Å². The molecule has 2 aromatic carbocycles. The maximum Gasteiger partial charge on any atom is 0.143 e. The molecular formula is C16H17N5. The van der Waals surface area contributed by atoms with Crippen LogP contribution in [0.2, 0.25) is 0 Å². The number of nitrogens with zero attached hydrogens (tertiary/aromatic N) is 4. The van der Waals surface area contributed by atoms with Crippen molar-refractivity contribution < 1.29 is 0 Å². The summed E-state index contributed by atoms with van der Waals surface area (Å²) in [6.07, 6.45) is 1.60. The SMILES string of the molecule is Cc1cccc(CNc2ccc(C)c(-n3cnnn3)c2)c1. The Bertz CT molecular complexity index is 734. The molecule has 21 heavy (non-hydrogen) atoms. The first-order chi connectivity index (χ1) is 10.2. The van der Waals surface area contributed by atoms with Crippen LogP contribution in [0.25, 0.3) is 5.69 Å². The molecule has 1 heterocycles. The van der Waals surface area contributed by atoms with Crippen molar-refractivity contribution in [1.29, 1.82) is 0 Å². The van der Waals surface area contributed by atoms with Crippen molar-refractivity contribution in [3.63, 3.8) is 0 Å². The average Bonchev–Trinajstić information content (AvgIpc) is 3.00. The normalized spacial score (nSPS) is 10.6. The third kappa shape index (κ3) is 3.08. The highest BCUT2D eigenvalue weighted by Gasteiger charge is 2.04. The lowest BCUT2D eigenvalue weighted by atomic mass is 10.1. The van der Waals surface area contributed by atoms with Gasteiger partial charge in [-0.15, -0.1) is 5.10 Å². The Kier molecular flexibility index (Phi) is 3.64. The van der Waals surface area contributed by atoms with E-state index in [1.807, 2.05) is 6.92 Å². The molecule has 0 radical (unpaired) electrons. The molecular weight excluding hydrogens is 262 g/mol. The predicted molar refractivity (Wildman–Crippen MR) is 82.4 cm³/mol. The van der Waals surface area contributed by atoms with Gasteiger partial charge in [0, 0.05) is 12.2 Å². The maximum absolute atomic E-state index is 3.95. The van der Waals surface area contributed by atoms with Gasteiger partial charge in [-0.1, -0.05) is 35.9 Å². The number of nitrogens with one attached hydrogen (secondary N) is 1. The number of hydrogen-bond donors (Lipinski definition) is 1. The summed E-state index contributed by atoms with van der Waals surface area (Å²) in [6, 6.07) is 14.7. The van der Waals surface area contributed by atoms with Gasteiger partial charge >= 0.3 is 0 Å². The van der Waals surface area contributed by atoms with Crippen molar-refractivity contribution in [2.75, 3.05) is 5.32 Å². The van der Waals surface area contributed by atoms with E-state index in [2.05, 4.69) is 70.2 Å². The second-order valence-corrected chi connectivity index (χ2v) is 5.10. The Hall–Kier alpha value is -2.69. The van der Waals surface area contributed by atoms with Crippen LogP contribution in [0.4, 0.5) is 5.69 Å². The van der Waals surface area contributed by atoms with Gasteiger partial charge in [0.25, 0.3) is 0 Å². The van der Waals surface area contributed by atoms with Crippen LogP contribution < -0.4 is 5.32 Å². The minimum absolute atomic E-state index is 0.791. The largest absolute Gasteiger partial charge is 0.381 e. The van der Waals surface area contributed by atoms with Crippen molar-refractivity contribution >= 4 is 5.69 Å². The van der Waals surface area contributed by atoms with Crippen LogP contribution in [0.3, 0.4) is 0 Å². The van der Waals surface area contributed by atoms with E-state index >= 15 is 0 Å². The maximum atomic E-state index is 3.95. The average molecular weight is 279 g/mol. The van der Waals surface area contributed by atoms with Gasteiger partial charge in [0.2, 0.25) is 0 Å². The lowest BCUT2D eigenvalue weighted by Gasteiger charge is -2.10. The van der Waals surface area contributed by atoms with Gasteiger partial charge in [-0.25, -0.2) is 4.68 Å². The summed E-state index contributed by atoms with van der Waals surface area (Å²) in [5.41, 5.74) is 5.69. The number of rotatable bonds is 4. The molecule has 0 bridgehead atoms. The molecule has 0 saturated heterocycles. The van der Waals surface area contributed by atoms with E-state index in [1.54, 1.807) is 11.0 Å². The smallest absolute Gasteiger partial charge is 0.143 e. The van der Waals surface area contributed by atoms with Crippen LogP contribution in [0.5, 0.6) is 0 Å². The zero-order valence-corrected chi connectivity index (χ0v) is 12.1. The highest BCUT2D eigenvalue weighted by molar-refractivity contribution is 5.54. The highest BCUT2D eigenvalue weighted by Crippen LogP contribution is 2.19. The molecule has 106 valence electrons. The summed E-state index contributed by atoms with van der Waals surface area (Å²) < 4.78 is 1.67. The quantitative estimate of drug-likeness (QED) is 0.798. The third-order valence-electron chi connectivity index (χ3n) is 3.38. The number of benzene rings is 2. The van der Waals surface area contributed by atoms with Crippen LogP contribution in [0.15, 0.2) is 48.8 Å². The fraction of sp³-hybridized carbons (Fsp3) is 0.188. The predicted octanol–water partition coefficient (Wildman–Crippen LogP) is 2.89. The first-order valence-corrected chi connectivity index (χ1v) is 6.86. The Morgan fingerprint density at radius 3 is 2.76 bits per heavy atom. The van der Waals surface area contributed by atoms with Crippen LogP contribution in [0.1, 0.15) is 16.7 Å². The van der Waals surface area contributed by atoms with Gasteiger partial charge in [-0.05, 0) is 47.5 Å². The van der Waals surface area contributed by atoms with E-state index in [1.165, 1.54) is 11.1 Å². The van der Waals surface area contributed by atoms with E-state index < -0.39 is 0 Å². The van der Waals surface area contributed by atoms with Crippen molar-refractivity contribution in [3.05, 3.63) is 65.5 Å². The van der Waals surface area contributed by atoms with Gasteiger partial charge in [0.05, 0.1) is 5.69 Å². The van der Waals surface area contributed by atoms with Gasteiger partial charge < -0.3 is 5.32 Å². The number of tetrazole rings is 1. The van der Waals surface area contributed by atoms with E-state index in [0.29, 0.717) is 0 Å². The summed E-state index contributed by atoms with van der Waals surface area (Å²) in [5.74, 6) is 0. The molecule has 0 fully saturated rings. The lowest BCUT2D eigenvalue weighted by molar-refractivity contribution is 0.785. The van der Waals surface area contributed by atoms with Gasteiger partial charge in [0.15, 0.2) is 0 Å². The van der Waals surface area contributed by atoms with E-state index in [9.17, 15) is 0 Å². The van der Waals surface area contributed by atoms with Gasteiger partial charge in [-0.2, -0.15) is 0 Å². The summed E-state index contributed by atoms with van der Waals surface area (Å²) in [6.45, 7) is 4.94. The zero-order valence-electron chi connectivity index (χ0n) is 12.1. The Balaban J connectivity index is 1.79. The molecule has 0 atom stereocenters. The summed E-state index contributed by atoms with van der Waals surface area (Å²) >= 11 is 0. The van der Waals surface area contributed by atoms with Crippen molar-refractivity contribution in [3.8, 4) is 5.69 Å². The molecule has 0 aliphatic heterocycles. The number of aryl methyl sites for hydroxylation is 2. The highest BCUT2D eigenvalue weighted by atomic mass is 15.5. The lowest BCUT2D eigenvalue weighted by Crippen LogP contribution is -2.03. The third-order valence-corrected chi connectivity index (χ3v) is 3.38. The minimum Gasteiger partial charge on any atom is -0.381 e. The summed E-state index contributed by atoms with van der Waals surface area (Å²) in [7, 11) is 0. The Morgan fingerprint density at radius 1 is 1.10 bits per heavy atom. The molecule has 3 aromatic rings. The Morgan fingerprint density at radius 2 is 2.00 bits per heavy atom. The van der Waals surface area contributed by atoms with Crippen molar-refractivity contribution in [2.45, 2.75) is 20.4 Å². The van der Waals surface area contributed by atoms with Gasteiger partial charge in [-0.3, -0.25) is 0 Å². The van der Waals surface area contributed by atoms with Crippen molar-refractivity contribution in [2.24, 2.45) is 0 Å². The molecule has 0 unspecified atom stereocenters. The number of hydrogen-bond acceptors (Lipinski definition) is 4. The molecule has 0 amide bonds. The second kappa shape index (κ2) is 5.75. The number of anilines is 1. The number of aromatic nitrogens is 4. The van der Waals surface area contributed by atoms with Crippen molar-refractivity contribution in [1.82, 2.24) is 20.2 Å². The van der Waals surface area contributed by atoms with E-state index in [0.717, 1.165) is 23.5 Å².